The van der Waals surface area contributed by atoms with Crippen molar-refractivity contribution in [2.24, 2.45) is 0 Å². The van der Waals surface area contributed by atoms with Crippen molar-refractivity contribution in [2.75, 3.05) is 32.7 Å². The molecule has 26 heavy (non-hydrogen) atoms. The minimum atomic E-state index is 0.0171. The van der Waals surface area contributed by atoms with Crippen molar-refractivity contribution in [3.05, 3.63) is 35.4 Å². The molecule has 0 spiro atoms. The van der Waals surface area contributed by atoms with Gasteiger partial charge in [-0.3, -0.25) is 14.5 Å². The Balaban J connectivity index is 1.45. The van der Waals surface area contributed by atoms with Crippen LogP contribution in [0.3, 0.4) is 0 Å². The molecule has 0 aromatic heterocycles. The number of carbonyl (C=O) groups excluding carboxylic acids is 2. The number of nitrogens with one attached hydrogen (secondary N) is 1. The number of nitrogens with zero attached hydrogens (tertiary/aromatic N) is 2. The zero-order valence-electron chi connectivity index (χ0n) is 15.7. The lowest BCUT2D eigenvalue weighted by molar-refractivity contribution is -0.126. The molecule has 1 aromatic rings. The third-order valence-corrected chi connectivity index (χ3v) is 4.95. The van der Waals surface area contributed by atoms with Crippen molar-refractivity contribution in [2.45, 2.75) is 45.4 Å². The van der Waals surface area contributed by atoms with E-state index in [0.29, 0.717) is 13.1 Å². The minimum absolute atomic E-state index is 0.0171. The van der Waals surface area contributed by atoms with Gasteiger partial charge in [0.25, 0.3) is 5.91 Å². The first-order chi connectivity index (χ1) is 12.5. The number of hydrogen-bond acceptors (Lipinski definition) is 4. The summed E-state index contributed by atoms with van der Waals surface area (Å²) >= 11 is 0. The summed E-state index contributed by atoms with van der Waals surface area (Å²) in [7, 11) is 0. The maximum absolute atomic E-state index is 12.3. The fourth-order valence-corrected chi connectivity index (χ4v) is 3.74. The normalized spacial score (nSPS) is 23.8. The van der Waals surface area contributed by atoms with Crippen molar-refractivity contribution in [1.82, 2.24) is 15.1 Å². The lowest BCUT2D eigenvalue weighted by Gasteiger charge is -2.34. The van der Waals surface area contributed by atoms with E-state index in [4.69, 9.17) is 4.74 Å². The second-order valence-electron chi connectivity index (χ2n) is 7.42. The summed E-state index contributed by atoms with van der Waals surface area (Å²) in [6.07, 6.45) is 2.51. The Bertz CT molecular complexity index is 616. The van der Waals surface area contributed by atoms with Gasteiger partial charge in [0, 0.05) is 38.3 Å². The van der Waals surface area contributed by atoms with Crippen LogP contribution in [0.15, 0.2) is 24.3 Å². The summed E-state index contributed by atoms with van der Waals surface area (Å²) in [6, 6.07) is 7.55. The van der Waals surface area contributed by atoms with Crippen molar-refractivity contribution in [1.29, 1.82) is 0 Å². The highest BCUT2D eigenvalue weighted by Crippen LogP contribution is 2.14. The van der Waals surface area contributed by atoms with Crippen LogP contribution in [-0.2, 0) is 16.1 Å². The highest BCUT2D eigenvalue weighted by atomic mass is 16.5. The van der Waals surface area contributed by atoms with Crippen molar-refractivity contribution in [3.8, 4) is 0 Å². The molecule has 0 radical (unpaired) electrons. The minimum Gasteiger partial charge on any atom is -0.373 e. The first-order valence-corrected chi connectivity index (χ1v) is 9.54. The largest absolute Gasteiger partial charge is 0.373 e. The first-order valence-electron chi connectivity index (χ1n) is 9.54. The maximum atomic E-state index is 12.3. The van der Waals surface area contributed by atoms with Crippen LogP contribution in [0.2, 0.25) is 0 Å². The Morgan fingerprint density at radius 3 is 2.31 bits per heavy atom. The molecule has 6 heteroatoms. The van der Waals surface area contributed by atoms with Crippen LogP contribution in [0.5, 0.6) is 0 Å². The van der Waals surface area contributed by atoms with Gasteiger partial charge in [0.05, 0.1) is 18.8 Å². The molecule has 0 saturated carbocycles. The Morgan fingerprint density at radius 1 is 1.08 bits per heavy atom. The molecule has 2 saturated heterocycles. The van der Waals surface area contributed by atoms with Gasteiger partial charge in [0.1, 0.15) is 0 Å². The second-order valence-corrected chi connectivity index (χ2v) is 7.42. The predicted octanol–water partition coefficient (Wildman–Crippen LogP) is 1.65. The molecule has 6 nitrogen and oxygen atoms in total. The van der Waals surface area contributed by atoms with Crippen LogP contribution in [-0.4, -0.2) is 66.5 Å². The number of rotatable bonds is 5. The molecule has 2 aliphatic rings. The van der Waals surface area contributed by atoms with Crippen LogP contribution >= 0.6 is 0 Å². The zero-order valence-corrected chi connectivity index (χ0v) is 15.7. The molecule has 2 heterocycles. The smallest absolute Gasteiger partial charge is 0.253 e. The lowest BCUT2D eigenvalue weighted by Crippen LogP contribution is -2.49. The zero-order chi connectivity index (χ0) is 18.5. The number of ether oxygens (including phenoxy) is 1. The lowest BCUT2D eigenvalue weighted by atomic mass is 10.1. The van der Waals surface area contributed by atoms with Gasteiger partial charge >= 0.3 is 0 Å². The SMILES string of the molecule is C[C@@H]1CN(CC(=O)NCc2ccc(C(=O)N3CCCC3)cc2)C[C@@H](C)O1. The summed E-state index contributed by atoms with van der Waals surface area (Å²) in [6.45, 7) is 8.22. The van der Waals surface area contributed by atoms with Crippen molar-refractivity contribution >= 4 is 11.8 Å². The van der Waals surface area contributed by atoms with Gasteiger partial charge in [-0.2, -0.15) is 0 Å². The Labute approximate surface area is 155 Å². The van der Waals surface area contributed by atoms with E-state index < -0.39 is 0 Å². The molecule has 2 amide bonds. The molecule has 2 aliphatic heterocycles. The quantitative estimate of drug-likeness (QED) is 0.868. The van der Waals surface area contributed by atoms with Gasteiger partial charge in [0.2, 0.25) is 5.91 Å². The molecular formula is C20H29N3O3. The monoisotopic (exact) mass is 359 g/mol. The number of hydrogen-bond donors (Lipinski definition) is 1. The molecule has 142 valence electrons. The number of carbonyl (C=O) groups is 2. The van der Waals surface area contributed by atoms with Crippen LogP contribution in [0, 0.1) is 0 Å². The number of likely N-dealkylation sites (tertiary alicyclic amines) is 1. The summed E-state index contributed by atoms with van der Waals surface area (Å²) in [4.78, 5) is 28.6. The van der Waals surface area contributed by atoms with E-state index in [-0.39, 0.29) is 24.0 Å². The predicted molar refractivity (Wildman–Crippen MR) is 99.9 cm³/mol. The molecule has 2 fully saturated rings. The van der Waals surface area contributed by atoms with Gasteiger partial charge in [-0.1, -0.05) is 12.1 Å². The summed E-state index contributed by atoms with van der Waals surface area (Å²) < 4.78 is 5.69. The Hall–Kier alpha value is -1.92. The summed E-state index contributed by atoms with van der Waals surface area (Å²) in [5.41, 5.74) is 1.72. The molecule has 1 N–H and O–H groups in total. The van der Waals surface area contributed by atoms with Crippen molar-refractivity contribution < 1.29 is 14.3 Å². The third-order valence-electron chi connectivity index (χ3n) is 4.95. The van der Waals surface area contributed by atoms with Gasteiger partial charge in [0.15, 0.2) is 0 Å². The van der Waals surface area contributed by atoms with E-state index in [9.17, 15) is 9.59 Å². The molecule has 2 atom stereocenters. The average molecular weight is 359 g/mol. The molecule has 0 aliphatic carbocycles. The summed E-state index contributed by atoms with van der Waals surface area (Å²) in [5, 5.41) is 2.96. The van der Waals surface area contributed by atoms with Crippen LogP contribution in [0.25, 0.3) is 0 Å². The van der Waals surface area contributed by atoms with Crippen molar-refractivity contribution in [3.63, 3.8) is 0 Å². The third kappa shape index (κ3) is 5.05. The van der Waals surface area contributed by atoms with Gasteiger partial charge in [-0.05, 0) is 44.4 Å². The van der Waals surface area contributed by atoms with Gasteiger partial charge in [-0.15, -0.1) is 0 Å². The van der Waals surface area contributed by atoms with E-state index in [2.05, 4.69) is 10.2 Å². The molecule has 1 aromatic carbocycles. The number of amides is 2. The van der Waals surface area contributed by atoms with E-state index >= 15 is 0 Å². The van der Waals surface area contributed by atoms with Crippen LogP contribution in [0.1, 0.15) is 42.6 Å². The maximum Gasteiger partial charge on any atom is 0.253 e. The Morgan fingerprint density at radius 2 is 1.69 bits per heavy atom. The van der Waals surface area contributed by atoms with E-state index in [1.807, 2.05) is 43.0 Å². The first kappa shape index (κ1) is 18.9. The highest BCUT2D eigenvalue weighted by Gasteiger charge is 2.23. The van der Waals surface area contributed by atoms with E-state index in [1.165, 1.54) is 0 Å². The fourth-order valence-electron chi connectivity index (χ4n) is 3.74. The van der Waals surface area contributed by atoms with Gasteiger partial charge in [-0.25, -0.2) is 0 Å². The summed E-state index contributed by atoms with van der Waals surface area (Å²) in [5.74, 6) is 0.122. The van der Waals surface area contributed by atoms with E-state index in [1.54, 1.807) is 0 Å². The van der Waals surface area contributed by atoms with E-state index in [0.717, 1.165) is 50.1 Å². The van der Waals surface area contributed by atoms with Crippen LogP contribution < -0.4 is 5.32 Å². The fraction of sp³-hybridized carbons (Fsp3) is 0.600. The second kappa shape index (κ2) is 8.64. The van der Waals surface area contributed by atoms with Gasteiger partial charge < -0.3 is 15.0 Å². The molecule has 3 rings (SSSR count). The van der Waals surface area contributed by atoms with Crippen LogP contribution in [0.4, 0.5) is 0 Å². The molecular weight excluding hydrogens is 330 g/mol. The number of benzene rings is 1. The standard InChI is InChI=1S/C20H29N3O3/c1-15-12-22(13-16(2)26-15)14-19(24)21-11-17-5-7-18(8-6-17)20(25)23-9-3-4-10-23/h5-8,15-16H,3-4,9-14H2,1-2H3,(H,21,24)/t15-,16-/m1/s1. The highest BCUT2D eigenvalue weighted by molar-refractivity contribution is 5.94. The topological polar surface area (TPSA) is 61.9 Å². The Kier molecular flexibility index (Phi) is 6.27. The number of morpholine rings is 1. The average Bonchev–Trinajstić information content (AvgIpc) is 3.13. The molecule has 0 unspecified atom stereocenters. The molecule has 0 bridgehead atoms.